The standard InChI is InChI=1S/C14H8ClFN2O4S/c15-8-1-4-10(5-2-8)23(21,22)18-13(19)11-6-3-9(16)7-12(11)17-14(18)20/h1-7H,(H,17,20). The summed E-state index contributed by atoms with van der Waals surface area (Å²) in [7, 11) is -4.41. The molecule has 0 saturated heterocycles. The molecule has 0 bridgehead atoms. The number of fused-ring (bicyclic) bond motifs is 1. The van der Waals surface area contributed by atoms with Crippen molar-refractivity contribution < 1.29 is 12.8 Å². The molecule has 1 aromatic heterocycles. The first-order valence-electron chi connectivity index (χ1n) is 6.26. The third kappa shape index (κ3) is 2.55. The molecule has 3 aromatic rings. The number of nitrogens with zero attached hydrogens (tertiary/aromatic N) is 1. The highest BCUT2D eigenvalue weighted by Crippen LogP contribution is 2.16. The first-order valence-corrected chi connectivity index (χ1v) is 8.08. The molecule has 0 amide bonds. The number of nitrogens with one attached hydrogen (secondary N) is 1. The van der Waals surface area contributed by atoms with Crippen molar-refractivity contribution >= 4 is 32.5 Å². The number of halogens is 2. The Kier molecular flexibility index (Phi) is 3.57. The van der Waals surface area contributed by atoms with Gasteiger partial charge in [-0.2, -0.15) is 0 Å². The molecule has 0 saturated carbocycles. The summed E-state index contributed by atoms with van der Waals surface area (Å²) >= 11 is 5.70. The Balaban J connectivity index is 2.36. The van der Waals surface area contributed by atoms with Gasteiger partial charge in [0, 0.05) is 5.02 Å². The SMILES string of the molecule is O=c1[nH]c2cc(F)ccc2c(=O)n1S(=O)(=O)c1ccc(Cl)cc1. The third-order valence-corrected chi connectivity index (χ3v) is 5.11. The topological polar surface area (TPSA) is 89.0 Å². The van der Waals surface area contributed by atoms with E-state index in [1.165, 1.54) is 24.3 Å². The Bertz CT molecular complexity index is 1130. The lowest BCUT2D eigenvalue weighted by Gasteiger charge is -2.08. The molecule has 0 atom stereocenters. The van der Waals surface area contributed by atoms with Gasteiger partial charge in [-0.3, -0.25) is 4.79 Å². The lowest BCUT2D eigenvalue weighted by Crippen LogP contribution is -2.40. The number of benzene rings is 2. The number of hydrogen-bond donors (Lipinski definition) is 1. The molecule has 9 heteroatoms. The van der Waals surface area contributed by atoms with E-state index in [1.54, 1.807) is 0 Å². The van der Waals surface area contributed by atoms with Gasteiger partial charge < -0.3 is 4.98 Å². The van der Waals surface area contributed by atoms with E-state index in [4.69, 9.17) is 11.6 Å². The summed E-state index contributed by atoms with van der Waals surface area (Å²) in [5.74, 6) is -0.661. The molecule has 23 heavy (non-hydrogen) atoms. The van der Waals surface area contributed by atoms with Gasteiger partial charge in [0.1, 0.15) is 5.82 Å². The second kappa shape index (κ2) is 5.32. The second-order valence-electron chi connectivity index (χ2n) is 4.65. The second-order valence-corrected chi connectivity index (χ2v) is 6.87. The molecular formula is C14H8ClFN2O4S. The first kappa shape index (κ1) is 15.4. The van der Waals surface area contributed by atoms with Gasteiger partial charge in [-0.15, -0.1) is 3.97 Å². The summed E-state index contributed by atoms with van der Waals surface area (Å²) in [6, 6.07) is 8.06. The Morgan fingerprint density at radius 2 is 1.70 bits per heavy atom. The van der Waals surface area contributed by atoms with E-state index >= 15 is 0 Å². The van der Waals surface area contributed by atoms with Crippen molar-refractivity contribution in [2.45, 2.75) is 4.90 Å². The zero-order chi connectivity index (χ0) is 16.8. The van der Waals surface area contributed by atoms with Crippen molar-refractivity contribution in [1.29, 1.82) is 0 Å². The quantitative estimate of drug-likeness (QED) is 0.758. The van der Waals surface area contributed by atoms with Gasteiger partial charge in [-0.05, 0) is 42.5 Å². The molecule has 2 aromatic carbocycles. The van der Waals surface area contributed by atoms with E-state index in [1.807, 2.05) is 0 Å². The molecule has 0 spiro atoms. The van der Waals surface area contributed by atoms with Gasteiger partial charge in [-0.1, -0.05) is 11.6 Å². The van der Waals surface area contributed by atoms with Crippen molar-refractivity contribution in [3.63, 3.8) is 0 Å². The molecule has 0 fully saturated rings. The van der Waals surface area contributed by atoms with Crippen LogP contribution < -0.4 is 11.2 Å². The molecule has 118 valence electrons. The van der Waals surface area contributed by atoms with Crippen LogP contribution in [0.2, 0.25) is 5.02 Å². The zero-order valence-corrected chi connectivity index (χ0v) is 12.9. The van der Waals surface area contributed by atoms with Crippen LogP contribution >= 0.6 is 11.6 Å². The number of hydrogen-bond acceptors (Lipinski definition) is 4. The van der Waals surface area contributed by atoms with Crippen molar-refractivity contribution in [3.8, 4) is 0 Å². The normalized spacial score (nSPS) is 11.7. The van der Waals surface area contributed by atoms with Gasteiger partial charge >= 0.3 is 5.69 Å². The summed E-state index contributed by atoms with van der Waals surface area (Å²) in [4.78, 5) is 26.3. The summed E-state index contributed by atoms with van der Waals surface area (Å²) < 4.78 is 38.3. The maximum absolute atomic E-state index is 13.2. The molecule has 0 radical (unpaired) electrons. The largest absolute Gasteiger partial charge is 0.343 e. The molecule has 6 nitrogen and oxygen atoms in total. The third-order valence-electron chi connectivity index (χ3n) is 3.17. The van der Waals surface area contributed by atoms with Crippen LogP contribution in [0.4, 0.5) is 4.39 Å². The van der Waals surface area contributed by atoms with Gasteiger partial charge in [0.05, 0.1) is 15.8 Å². The molecule has 1 heterocycles. The Morgan fingerprint density at radius 3 is 2.35 bits per heavy atom. The van der Waals surface area contributed by atoms with Gasteiger partial charge in [0.15, 0.2) is 0 Å². The monoisotopic (exact) mass is 354 g/mol. The fourth-order valence-corrected chi connectivity index (χ4v) is 3.50. The molecule has 0 aliphatic heterocycles. The minimum Gasteiger partial charge on any atom is -0.306 e. The van der Waals surface area contributed by atoms with Gasteiger partial charge in [0.2, 0.25) is 0 Å². The summed E-state index contributed by atoms with van der Waals surface area (Å²) in [5.41, 5.74) is -2.32. The van der Waals surface area contributed by atoms with Crippen LogP contribution in [0.3, 0.4) is 0 Å². The van der Waals surface area contributed by atoms with E-state index in [0.717, 1.165) is 18.2 Å². The minimum absolute atomic E-state index is 0.0810. The lowest BCUT2D eigenvalue weighted by molar-refractivity contribution is 0.582. The van der Waals surface area contributed by atoms with Crippen LogP contribution in [-0.4, -0.2) is 17.4 Å². The molecule has 0 aliphatic carbocycles. The number of H-pyrrole nitrogens is 1. The number of rotatable bonds is 2. The highest BCUT2D eigenvalue weighted by atomic mass is 35.5. The van der Waals surface area contributed by atoms with E-state index in [2.05, 4.69) is 4.98 Å². The van der Waals surface area contributed by atoms with Crippen LogP contribution in [0, 0.1) is 5.82 Å². The molecule has 1 N–H and O–H groups in total. The van der Waals surface area contributed by atoms with E-state index in [-0.39, 0.29) is 19.8 Å². The lowest BCUT2D eigenvalue weighted by atomic mass is 10.2. The average Bonchev–Trinajstić information content (AvgIpc) is 2.46. The van der Waals surface area contributed by atoms with E-state index in [0.29, 0.717) is 5.02 Å². The fraction of sp³-hybridized carbons (Fsp3) is 0. The van der Waals surface area contributed by atoms with Crippen LogP contribution in [0.25, 0.3) is 10.9 Å². The fourth-order valence-electron chi connectivity index (χ4n) is 2.10. The number of aromatic amines is 1. The number of aromatic nitrogens is 2. The maximum Gasteiger partial charge on any atom is 0.343 e. The van der Waals surface area contributed by atoms with Gasteiger partial charge in [-0.25, -0.2) is 17.6 Å². The highest BCUT2D eigenvalue weighted by Gasteiger charge is 2.23. The first-order chi connectivity index (χ1) is 10.8. The van der Waals surface area contributed by atoms with Gasteiger partial charge in [0.25, 0.3) is 15.6 Å². The summed E-state index contributed by atoms with van der Waals surface area (Å²) in [6.45, 7) is 0. The maximum atomic E-state index is 13.2. The zero-order valence-electron chi connectivity index (χ0n) is 11.3. The van der Waals surface area contributed by atoms with Crippen LogP contribution in [0.1, 0.15) is 0 Å². The van der Waals surface area contributed by atoms with Crippen LogP contribution in [0.15, 0.2) is 56.9 Å². The molecule has 3 rings (SSSR count). The average molecular weight is 355 g/mol. The molecule has 0 unspecified atom stereocenters. The highest BCUT2D eigenvalue weighted by molar-refractivity contribution is 7.90. The summed E-state index contributed by atoms with van der Waals surface area (Å²) in [5, 5.41) is 0.183. The predicted octanol–water partition coefficient (Wildman–Crippen LogP) is 1.72. The molecular weight excluding hydrogens is 347 g/mol. The smallest absolute Gasteiger partial charge is 0.306 e. The van der Waals surface area contributed by atoms with Crippen molar-refractivity contribution in [2.24, 2.45) is 0 Å². The molecule has 0 aliphatic rings. The van der Waals surface area contributed by atoms with E-state index in [9.17, 15) is 22.4 Å². The predicted molar refractivity (Wildman–Crippen MR) is 82.8 cm³/mol. The Morgan fingerprint density at radius 1 is 1.04 bits per heavy atom. The Labute approximate surface area is 133 Å². The summed E-state index contributed by atoms with van der Waals surface area (Å²) in [6.07, 6.45) is 0. The Hall–Kier alpha value is -2.45. The van der Waals surface area contributed by atoms with Crippen molar-refractivity contribution in [2.75, 3.05) is 0 Å². The van der Waals surface area contributed by atoms with Crippen molar-refractivity contribution in [3.05, 3.63) is 74.1 Å². The van der Waals surface area contributed by atoms with Crippen molar-refractivity contribution in [1.82, 2.24) is 8.96 Å². The minimum atomic E-state index is -4.41. The van der Waals surface area contributed by atoms with E-state index < -0.39 is 27.1 Å². The van der Waals surface area contributed by atoms with Crippen LogP contribution in [-0.2, 0) is 10.0 Å². The van der Waals surface area contributed by atoms with Crippen LogP contribution in [0.5, 0.6) is 0 Å².